The normalized spacial score (nSPS) is 15.8. The number of anilines is 3. The van der Waals surface area contributed by atoms with Crippen molar-refractivity contribution in [3.8, 4) is 39.1 Å². The van der Waals surface area contributed by atoms with Crippen LogP contribution >= 0.6 is 0 Å². The molecule has 67 heavy (non-hydrogen) atoms. The van der Waals surface area contributed by atoms with Crippen molar-refractivity contribution in [3.63, 3.8) is 0 Å². The summed E-state index contributed by atoms with van der Waals surface area (Å²) in [4.78, 5) is 2.46. The topological polar surface area (TPSA) is 21.3 Å². The minimum absolute atomic E-state index is 0.149. The van der Waals surface area contributed by atoms with E-state index in [9.17, 15) is 0 Å². The first kappa shape index (κ1) is 36.9. The molecular formula is C64H42N2O. The van der Waals surface area contributed by atoms with Gasteiger partial charge in [0.1, 0.15) is 11.2 Å². The highest BCUT2D eigenvalue weighted by Gasteiger charge is 2.51. The molecule has 1 atom stereocenters. The number of benzene rings is 10. The van der Waals surface area contributed by atoms with Gasteiger partial charge in [-0.15, -0.1) is 0 Å². The summed E-state index contributed by atoms with van der Waals surface area (Å²) < 4.78 is 9.04. The molecule has 1 spiro atoms. The van der Waals surface area contributed by atoms with E-state index in [0.717, 1.165) is 50.1 Å². The van der Waals surface area contributed by atoms with Crippen molar-refractivity contribution in [2.24, 2.45) is 0 Å². The quantitative estimate of drug-likeness (QED) is 0.176. The average Bonchev–Trinajstić information content (AvgIpc) is 4.08. The van der Waals surface area contributed by atoms with E-state index >= 15 is 0 Å². The highest BCUT2D eigenvalue weighted by atomic mass is 16.3. The Morgan fingerprint density at radius 3 is 1.84 bits per heavy atom. The third kappa shape index (κ3) is 4.70. The predicted molar refractivity (Wildman–Crippen MR) is 277 cm³/mol. The van der Waals surface area contributed by atoms with E-state index in [0.29, 0.717) is 0 Å². The fourth-order valence-corrected chi connectivity index (χ4v) is 12.7. The largest absolute Gasteiger partial charge is 0.455 e. The number of furan rings is 1. The zero-order chi connectivity index (χ0) is 44.2. The number of aromatic nitrogens is 1. The summed E-state index contributed by atoms with van der Waals surface area (Å²) in [5.41, 5.74) is 23.6. The van der Waals surface area contributed by atoms with E-state index in [1.54, 1.807) is 0 Å². The van der Waals surface area contributed by atoms with Crippen molar-refractivity contribution in [2.45, 2.75) is 24.7 Å². The molecule has 3 nitrogen and oxygen atoms in total. The van der Waals surface area contributed by atoms with Crippen molar-refractivity contribution in [3.05, 3.63) is 252 Å². The molecule has 2 aliphatic carbocycles. The van der Waals surface area contributed by atoms with Gasteiger partial charge < -0.3 is 13.9 Å². The van der Waals surface area contributed by atoms with E-state index in [1.807, 2.05) is 6.07 Å². The van der Waals surface area contributed by atoms with E-state index in [2.05, 4.69) is 236 Å². The molecule has 314 valence electrons. The molecule has 0 saturated heterocycles. The molecule has 3 heterocycles. The number of para-hydroxylation sites is 5. The second-order valence-electron chi connectivity index (χ2n) is 19.2. The number of nitrogens with zero attached hydrogens (tertiary/aromatic N) is 2. The molecule has 1 unspecified atom stereocenters. The number of rotatable bonds is 4. The van der Waals surface area contributed by atoms with Gasteiger partial charge in [0.15, 0.2) is 0 Å². The molecule has 2 aromatic heterocycles. The molecule has 3 heteroatoms. The van der Waals surface area contributed by atoms with Crippen LogP contribution < -0.4 is 4.90 Å². The van der Waals surface area contributed by atoms with Gasteiger partial charge in [-0.1, -0.05) is 178 Å². The molecular weight excluding hydrogens is 813 g/mol. The first-order chi connectivity index (χ1) is 33.0. The van der Waals surface area contributed by atoms with E-state index in [4.69, 9.17) is 4.42 Å². The Kier molecular flexibility index (Phi) is 7.22. The fourth-order valence-electron chi connectivity index (χ4n) is 12.7. The second-order valence-corrected chi connectivity index (χ2v) is 19.2. The Balaban J connectivity index is 0.954. The first-order valence-electron chi connectivity index (χ1n) is 23.4. The third-order valence-corrected chi connectivity index (χ3v) is 15.6. The van der Waals surface area contributed by atoms with Crippen molar-refractivity contribution in [1.29, 1.82) is 0 Å². The lowest BCUT2D eigenvalue weighted by Crippen LogP contribution is -2.33. The third-order valence-electron chi connectivity index (χ3n) is 15.6. The minimum atomic E-state index is -0.515. The first-order valence-corrected chi connectivity index (χ1v) is 23.4. The Labute approximate surface area is 388 Å². The maximum Gasteiger partial charge on any atom is 0.143 e. The zero-order valence-electron chi connectivity index (χ0n) is 37.1. The van der Waals surface area contributed by atoms with Crippen LogP contribution in [-0.4, -0.2) is 4.57 Å². The maximum atomic E-state index is 6.53. The number of fused-ring (bicyclic) bond motifs is 18. The highest BCUT2D eigenvalue weighted by Crippen LogP contribution is 2.62. The van der Waals surface area contributed by atoms with Crippen LogP contribution in [0.2, 0.25) is 0 Å². The standard InChI is InChI=1S/C64H42N2O/c1-63(2)52-22-7-3-15-44(52)46-35-33-42(38-57(46)63)65(40-31-29-39(30-32-40)43-19-13-21-50-48-18-6-12-28-60(48)67-62(43)50)41-34-36-54-51(37-41)45-16-4-8-23-53(45)64(54)55-24-9-11-27-59(55)66-58-26-10-5-17-47(58)49-20-14-25-56(64)61(49)66/h3-38H,1-2H3. The summed E-state index contributed by atoms with van der Waals surface area (Å²) in [7, 11) is 0. The van der Waals surface area contributed by atoms with Gasteiger partial charge in [0.25, 0.3) is 0 Å². The van der Waals surface area contributed by atoms with Gasteiger partial charge in [0, 0.05) is 49.6 Å². The van der Waals surface area contributed by atoms with E-state index in [1.165, 1.54) is 83.1 Å². The van der Waals surface area contributed by atoms with Gasteiger partial charge in [-0.2, -0.15) is 0 Å². The molecule has 0 fully saturated rings. The predicted octanol–water partition coefficient (Wildman–Crippen LogP) is 16.8. The molecule has 15 rings (SSSR count). The monoisotopic (exact) mass is 854 g/mol. The summed E-state index contributed by atoms with van der Waals surface area (Å²) in [6.45, 7) is 4.74. The van der Waals surface area contributed by atoms with Crippen LogP contribution in [0.5, 0.6) is 0 Å². The van der Waals surface area contributed by atoms with Gasteiger partial charge >= 0.3 is 0 Å². The van der Waals surface area contributed by atoms with Gasteiger partial charge in [-0.3, -0.25) is 0 Å². The lowest BCUT2D eigenvalue weighted by atomic mass is 9.65. The van der Waals surface area contributed by atoms with Gasteiger partial charge in [0.05, 0.1) is 22.1 Å². The second kappa shape index (κ2) is 13.1. The van der Waals surface area contributed by atoms with Crippen LogP contribution in [0, 0.1) is 0 Å². The number of hydrogen-bond acceptors (Lipinski definition) is 2. The van der Waals surface area contributed by atoms with Crippen LogP contribution in [0.4, 0.5) is 17.1 Å². The lowest BCUT2D eigenvalue weighted by Gasteiger charge is -2.39. The molecule has 0 amide bonds. The van der Waals surface area contributed by atoms with Crippen LogP contribution in [0.3, 0.4) is 0 Å². The van der Waals surface area contributed by atoms with Crippen molar-refractivity contribution < 1.29 is 4.42 Å². The van der Waals surface area contributed by atoms with Crippen LogP contribution in [-0.2, 0) is 10.8 Å². The summed E-state index contributed by atoms with van der Waals surface area (Å²) in [5, 5.41) is 4.84. The zero-order valence-corrected chi connectivity index (χ0v) is 37.1. The molecule has 0 saturated carbocycles. The SMILES string of the molecule is CC1(C)c2ccccc2-c2ccc(N(c3ccc(-c4cccc5c4oc4ccccc45)cc3)c3ccc4c(c3)-c3ccccc3C43c4ccccc4-n4c5ccccc5c5cccc3c54)cc21. The van der Waals surface area contributed by atoms with Crippen LogP contribution in [0.25, 0.3) is 82.8 Å². The Morgan fingerprint density at radius 2 is 0.970 bits per heavy atom. The summed E-state index contributed by atoms with van der Waals surface area (Å²) >= 11 is 0. The van der Waals surface area contributed by atoms with Crippen molar-refractivity contribution in [2.75, 3.05) is 4.90 Å². The molecule has 1 aliphatic heterocycles. The molecule has 3 aliphatic rings. The molecule has 0 radical (unpaired) electrons. The minimum Gasteiger partial charge on any atom is -0.455 e. The lowest BCUT2D eigenvalue weighted by molar-refractivity contribution is 0.660. The molecule has 0 bridgehead atoms. The fraction of sp³-hybridized carbons (Fsp3) is 0.0625. The Morgan fingerprint density at radius 1 is 0.388 bits per heavy atom. The van der Waals surface area contributed by atoms with E-state index < -0.39 is 5.41 Å². The highest BCUT2D eigenvalue weighted by molar-refractivity contribution is 6.13. The van der Waals surface area contributed by atoms with Gasteiger partial charge in [0.2, 0.25) is 0 Å². The van der Waals surface area contributed by atoms with E-state index in [-0.39, 0.29) is 5.41 Å². The smallest absolute Gasteiger partial charge is 0.143 e. The number of hydrogen-bond donors (Lipinski definition) is 0. The summed E-state index contributed by atoms with van der Waals surface area (Å²) in [5.74, 6) is 0. The summed E-state index contributed by atoms with van der Waals surface area (Å²) in [6.07, 6.45) is 0. The molecule has 10 aromatic carbocycles. The van der Waals surface area contributed by atoms with Crippen LogP contribution in [0.1, 0.15) is 47.2 Å². The Hall–Kier alpha value is -8.40. The summed E-state index contributed by atoms with van der Waals surface area (Å²) in [6, 6.07) is 81.3. The van der Waals surface area contributed by atoms with Gasteiger partial charge in [-0.05, 0) is 116 Å². The van der Waals surface area contributed by atoms with Crippen LogP contribution in [0.15, 0.2) is 223 Å². The van der Waals surface area contributed by atoms with Crippen molar-refractivity contribution >= 4 is 60.8 Å². The molecule has 0 N–H and O–H groups in total. The van der Waals surface area contributed by atoms with Gasteiger partial charge in [-0.25, -0.2) is 0 Å². The Bertz CT molecular complexity index is 4090. The molecule has 12 aromatic rings. The maximum absolute atomic E-state index is 6.53. The van der Waals surface area contributed by atoms with Crippen molar-refractivity contribution in [1.82, 2.24) is 4.57 Å². The average molecular weight is 855 g/mol.